The zero-order valence-electron chi connectivity index (χ0n) is 18.2. The van der Waals surface area contributed by atoms with Crippen LogP contribution in [0.15, 0.2) is 29.4 Å². The highest BCUT2D eigenvalue weighted by Gasteiger charge is 2.24. The number of rotatable bonds is 6. The number of carbonyl (C=O) groups is 1. The number of ether oxygens (including phenoxy) is 1. The van der Waals surface area contributed by atoms with E-state index in [0.29, 0.717) is 25.7 Å². The molecule has 0 unspecified atom stereocenters. The van der Waals surface area contributed by atoms with Gasteiger partial charge in [-0.3, -0.25) is 4.99 Å². The fourth-order valence-electron chi connectivity index (χ4n) is 3.87. The number of hydrogen-bond donors (Lipinski definition) is 3. The molecule has 1 aromatic carbocycles. The van der Waals surface area contributed by atoms with Crippen molar-refractivity contribution in [3.05, 3.63) is 35.5 Å². The third-order valence-corrected chi connectivity index (χ3v) is 5.35. The molecule has 7 nitrogen and oxygen atoms in total. The SMILES string of the molecule is CCNC(=NCCc1c[nH]c2cccc(C)c12)NC1CCN(C(=O)OCC)CC1.I. The molecule has 1 amide bonds. The van der Waals surface area contributed by atoms with Gasteiger partial charge in [-0.25, -0.2) is 4.79 Å². The molecule has 1 aromatic heterocycles. The number of aryl methyl sites for hydroxylation is 1. The number of nitrogens with one attached hydrogen (secondary N) is 3. The standard InChI is InChI=1S/C22H33N5O2.HI/c1-4-23-21(26-18-10-13-27(14-11-18)22(28)29-5-2)24-12-9-17-15-25-19-8-6-7-16(3)20(17)19;/h6-8,15,18,25H,4-5,9-14H2,1-3H3,(H2,23,24,26);1H. The Bertz CT molecular complexity index is 843. The van der Waals surface area contributed by atoms with Gasteiger partial charge in [-0.2, -0.15) is 0 Å². The molecule has 1 aliphatic rings. The quantitative estimate of drug-likeness (QED) is 0.303. The Morgan fingerprint density at radius 2 is 2.07 bits per heavy atom. The number of likely N-dealkylation sites (tertiary alicyclic amines) is 1. The molecule has 166 valence electrons. The molecule has 2 heterocycles. The number of piperidine rings is 1. The first-order valence-corrected chi connectivity index (χ1v) is 10.6. The number of benzene rings is 1. The van der Waals surface area contributed by atoms with E-state index >= 15 is 0 Å². The van der Waals surface area contributed by atoms with Crippen molar-refractivity contribution >= 4 is 46.9 Å². The van der Waals surface area contributed by atoms with Crippen LogP contribution in [-0.2, 0) is 11.2 Å². The van der Waals surface area contributed by atoms with Crippen molar-refractivity contribution in [1.29, 1.82) is 0 Å². The van der Waals surface area contributed by atoms with Crippen LogP contribution in [0, 0.1) is 6.92 Å². The van der Waals surface area contributed by atoms with Crippen molar-refractivity contribution in [2.45, 2.75) is 46.1 Å². The smallest absolute Gasteiger partial charge is 0.409 e. The van der Waals surface area contributed by atoms with Crippen LogP contribution in [-0.4, -0.2) is 60.8 Å². The Labute approximate surface area is 196 Å². The van der Waals surface area contributed by atoms with Gasteiger partial charge in [0.05, 0.1) is 6.61 Å². The first-order chi connectivity index (χ1) is 14.1. The van der Waals surface area contributed by atoms with Crippen molar-refractivity contribution in [3.8, 4) is 0 Å². The van der Waals surface area contributed by atoms with Gasteiger partial charge in [0, 0.05) is 49.3 Å². The second kappa shape index (κ2) is 12.0. The van der Waals surface area contributed by atoms with Crippen LogP contribution in [0.3, 0.4) is 0 Å². The molecule has 0 bridgehead atoms. The fraction of sp³-hybridized carbons (Fsp3) is 0.545. The molecule has 0 saturated carbocycles. The summed E-state index contributed by atoms with van der Waals surface area (Å²) in [5, 5.41) is 8.18. The molecule has 3 N–H and O–H groups in total. The summed E-state index contributed by atoms with van der Waals surface area (Å²) < 4.78 is 5.09. The minimum atomic E-state index is -0.208. The van der Waals surface area contributed by atoms with E-state index in [1.165, 1.54) is 22.0 Å². The van der Waals surface area contributed by atoms with Crippen molar-refractivity contribution in [1.82, 2.24) is 20.5 Å². The van der Waals surface area contributed by atoms with Gasteiger partial charge in [0.25, 0.3) is 0 Å². The number of fused-ring (bicyclic) bond motifs is 1. The number of H-pyrrole nitrogens is 1. The summed E-state index contributed by atoms with van der Waals surface area (Å²) in [4.78, 5) is 21.8. The lowest BCUT2D eigenvalue weighted by Crippen LogP contribution is -2.50. The topological polar surface area (TPSA) is 81.8 Å². The van der Waals surface area contributed by atoms with Crippen molar-refractivity contribution < 1.29 is 9.53 Å². The molecule has 30 heavy (non-hydrogen) atoms. The van der Waals surface area contributed by atoms with Crippen LogP contribution >= 0.6 is 24.0 Å². The minimum Gasteiger partial charge on any atom is -0.450 e. The number of aromatic nitrogens is 1. The molecule has 1 saturated heterocycles. The summed E-state index contributed by atoms with van der Waals surface area (Å²) >= 11 is 0. The zero-order valence-corrected chi connectivity index (χ0v) is 20.5. The summed E-state index contributed by atoms with van der Waals surface area (Å²) in [6, 6.07) is 6.66. The van der Waals surface area contributed by atoms with Crippen molar-refractivity contribution in [2.75, 3.05) is 32.8 Å². The van der Waals surface area contributed by atoms with Gasteiger partial charge in [0.1, 0.15) is 0 Å². The number of aliphatic imine (C=N–C) groups is 1. The average molecular weight is 527 g/mol. The average Bonchev–Trinajstić information content (AvgIpc) is 3.13. The number of aromatic amines is 1. The van der Waals surface area contributed by atoms with Crippen LogP contribution in [0.4, 0.5) is 4.79 Å². The van der Waals surface area contributed by atoms with Crippen LogP contribution in [0.25, 0.3) is 10.9 Å². The maximum absolute atomic E-state index is 11.8. The molecule has 0 radical (unpaired) electrons. The number of amides is 1. The highest BCUT2D eigenvalue weighted by molar-refractivity contribution is 14.0. The normalized spacial score (nSPS) is 15.0. The molecular weight excluding hydrogens is 493 g/mol. The van der Waals surface area contributed by atoms with Gasteiger partial charge in [-0.1, -0.05) is 12.1 Å². The molecule has 8 heteroatoms. The summed E-state index contributed by atoms with van der Waals surface area (Å²) in [7, 11) is 0. The number of guanidine groups is 1. The lowest BCUT2D eigenvalue weighted by Gasteiger charge is -2.32. The maximum Gasteiger partial charge on any atom is 0.409 e. The van der Waals surface area contributed by atoms with Gasteiger partial charge in [-0.15, -0.1) is 24.0 Å². The van der Waals surface area contributed by atoms with Crippen molar-refractivity contribution in [2.24, 2.45) is 4.99 Å². The van der Waals surface area contributed by atoms with E-state index in [2.05, 4.69) is 53.9 Å². The first kappa shape index (κ1) is 24.3. The molecule has 0 aliphatic carbocycles. The molecule has 0 spiro atoms. The Balaban J connectivity index is 0.00000320. The Kier molecular flexibility index (Phi) is 9.74. The Hall–Kier alpha value is -1.97. The minimum absolute atomic E-state index is 0. The molecule has 1 aliphatic heterocycles. The Morgan fingerprint density at radius 1 is 1.30 bits per heavy atom. The third kappa shape index (κ3) is 6.26. The largest absolute Gasteiger partial charge is 0.450 e. The number of hydrogen-bond acceptors (Lipinski definition) is 3. The lowest BCUT2D eigenvalue weighted by molar-refractivity contribution is 0.0963. The zero-order chi connectivity index (χ0) is 20.6. The lowest BCUT2D eigenvalue weighted by atomic mass is 10.1. The van der Waals surface area contributed by atoms with Gasteiger partial charge in [0.15, 0.2) is 5.96 Å². The fourth-order valence-corrected chi connectivity index (χ4v) is 3.87. The van der Waals surface area contributed by atoms with Crippen LogP contribution in [0.2, 0.25) is 0 Å². The van der Waals surface area contributed by atoms with Gasteiger partial charge >= 0.3 is 6.09 Å². The molecular formula is C22H34IN5O2. The Morgan fingerprint density at radius 3 is 2.77 bits per heavy atom. The predicted octanol–water partition coefficient (Wildman–Crippen LogP) is 3.81. The molecule has 0 atom stereocenters. The van der Waals surface area contributed by atoms with E-state index in [1.54, 1.807) is 4.90 Å². The van der Waals surface area contributed by atoms with E-state index in [9.17, 15) is 4.79 Å². The summed E-state index contributed by atoms with van der Waals surface area (Å²) in [5.41, 5.74) is 3.78. The number of halogens is 1. The second-order valence-corrected chi connectivity index (χ2v) is 7.43. The van der Waals surface area contributed by atoms with Crippen LogP contribution in [0.5, 0.6) is 0 Å². The van der Waals surface area contributed by atoms with E-state index in [1.807, 2.05) is 6.92 Å². The van der Waals surface area contributed by atoms with Gasteiger partial charge < -0.3 is 25.3 Å². The second-order valence-electron chi connectivity index (χ2n) is 7.43. The van der Waals surface area contributed by atoms with Gasteiger partial charge in [-0.05, 0) is 57.2 Å². The van der Waals surface area contributed by atoms with E-state index in [0.717, 1.165) is 38.3 Å². The third-order valence-electron chi connectivity index (χ3n) is 5.35. The number of nitrogens with zero attached hydrogens (tertiary/aromatic N) is 2. The van der Waals surface area contributed by atoms with Crippen LogP contribution in [0.1, 0.15) is 37.8 Å². The first-order valence-electron chi connectivity index (χ1n) is 10.6. The van der Waals surface area contributed by atoms with Crippen molar-refractivity contribution in [3.63, 3.8) is 0 Å². The molecule has 1 fully saturated rings. The summed E-state index contributed by atoms with van der Waals surface area (Å²) in [6.45, 7) is 9.45. The summed E-state index contributed by atoms with van der Waals surface area (Å²) in [5.74, 6) is 0.846. The maximum atomic E-state index is 11.8. The number of carbonyl (C=O) groups excluding carboxylic acids is 1. The van der Waals surface area contributed by atoms with E-state index in [4.69, 9.17) is 9.73 Å². The summed E-state index contributed by atoms with van der Waals surface area (Å²) in [6.07, 6.45) is 4.57. The predicted molar refractivity (Wildman–Crippen MR) is 133 cm³/mol. The highest BCUT2D eigenvalue weighted by Crippen LogP contribution is 2.22. The highest BCUT2D eigenvalue weighted by atomic mass is 127. The van der Waals surface area contributed by atoms with E-state index in [-0.39, 0.29) is 30.1 Å². The van der Waals surface area contributed by atoms with Gasteiger partial charge in [0.2, 0.25) is 0 Å². The molecule has 3 rings (SSSR count). The monoisotopic (exact) mass is 527 g/mol. The van der Waals surface area contributed by atoms with E-state index < -0.39 is 0 Å². The molecule has 2 aromatic rings. The van der Waals surface area contributed by atoms with Crippen LogP contribution < -0.4 is 10.6 Å².